The van der Waals surface area contributed by atoms with Gasteiger partial charge in [-0.05, 0) is 91.8 Å². The Morgan fingerprint density at radius 3 is 2.70 bits per heavy atom. The maximum Gasteiger partial charge on any atom is 0.293 e. The highest BCUT2D eigenvalue weighted by Gasteiger charge is 2.40. The molecule has 3 atom stereocenters. The lowest BCUT2D eigenvalue weighted by Crippen LogP contribution is -2.50. The molecule has 3 aliphatic rings. The molecule has 0 aromatic heterocycles. The van der Waals surface area contributed by atoms with Gasteiger partial charge >= 0.3 is 0 Å². The van der Waals surface area contributed by atoms with Crippen LogP contribution in [0.5, 0.6) is 5.75 Å². The SMILES string of the molecule is CCCc1cc(Cl)ccc1C1COc2ccc(C(=O)N[S+]([O-])N(C)C(C)C3CC(CC4CCC4)C3)cc2N(C)C1. The minimum atomic E-state index is -1.60. The summed E-state index contributed by atoms with van der Waals surface area (Å²) in [6.45, 7) is 5.61. The number of hydrogen-bond acceptors (Lipinski definition) is 5. The molecule has 0 saturated heterocycles. The van der Waals surface area contributed by atoms with Crippen LogP contribution < -0.4 is 14.4 Å². The third kappa shape index (κ3) is 6.59. The summed E-state index contributed by atoms with van der Waals surface area (Å²) in [4.78, 5) is 15.3. The first-order chi connectivity index (χ1) is 19.2. The highest BCUT2D eigenvalue weighted by Crippen LogP contribution is 2.45. The lowest BCUT2D eigenvalue weighted by Gasteiger charge is -2.43. The normalized spacial score (nSPS) is 24.3. The predicted octanol–water partition coefficient (Wildman–Crippen LogP) is 6.75. The van der Waals surface area contributed by atoms with Gasteiger partial charge in [0.1, 0.15) is 5.75 Å². The highest BCUT2D eigenvalue weighted by atomic mass is 35.5. The first kappa shape index (κ1) is 29.6. The van der Waals surface area contributed by atoms with Crippen LogP contribution in [0.4, 0.5) is 5.69 Å². The van der Waals surface area contributed by atoms with Crippen LogP contribution in [0.1, 0.15) is 86.2 Å². The fourth-order valence-corrected chi connectivity index (χ4v) is 7.72. The van der Waals surface area contributed by atoms with Gasteiger partial charge in [-0.3, -0.25) is 4.79 Å². The summed E-state index contributed by atoms with van der Waals surface area (Å²) >= 11 is 4.70. The van der Waals surface area contributed by atoms with Gasteiger partial charge in [0, 0.05) is 37.1 Å². The summed E-state index contributed by atoms with van der Waals surface area (Å²) in [6, 6.07) is 11.8. The van der Waals surface area contributed by atoms with E-state index in [4.69, 9.17) is 16.3 Å². The number of benzene rings is 2. The minimum Gasteiger partial charge on any atom is -0.573 e. The quantitative estimate of drug-likeness (QED) is 0.312. The Labute approximate surface area is 248 Å². The van der Waals surface area contributed by atoms with Crippen LogP contribution in [0.25, 0.3) is 0 Å². The molecule has 1 N–H and O–H groups in total. The van der Waals surface area contributed by atoms with Gasteiger partial charge in [-0.25, -0.2) is 0 Å². The highest BCUT2D eigenvalue weighted by molar-refractivity contribution is 7.87. The molecule has 8 heteroatoms. The summed E-state index contributed by atoms with van der Waals surface area (Å²) in [7, 11) is 3.88. The number of anilines is 1. The third-order valence-corrected chi connectivity index (χ3v) is 10.9. The van der Waals surface area contributed by atoms with E-state index in [1.54, 1.807) is 6.07 Å². The number of nitrogens with one attached hydrogen (secondary N) is 1. The molecule has 2 fully saturated rings. The van der Waals surface area contributed by atoms with Crippen LogP contribution in [0.2, 0.25) is 5.02 Å². The Morgan fingerprint density at radius 1 is 1.23 bits per heavy atom. The Bertz CT molecular complexity index is 1190. The topological polar surface area (TPSA) is 67.9 Å². The second kappa shape index (κ2) is 12.9. The van der Waals surface area contributed by atoms with Gasteiger partial charge in [0.15, 0.2) is 11.5 Å². The van der Waals surface area contributed by atoms with E-state index in [2.05, 4.69) is 35.6 Å². The van der Waals surface area contributed by atoms with Crippen LogP contribution in [-0.4, -0.2) is 48.1 Å². The number of fused-ring (bicyclic) bond motifs is 1. The van der Waals surface area contributed by atoms with Crippen LogP contribution in [0.3, 0.4) is 0 Å². The van der Waals surface area contributed by atoms with Crippen LogP contribution >= 0.6 is 11.6 Å². The number of halogens is 1. The van der Waals surface area contributed by atoms with Gasteiger partial charge in [-0.2, -0.15) is 0 Å². The largest absolute Gasteiger partial charge is 0.573 e. The van der Waals surface area contributed by atoms with Crippen molar-refractivity contribution in [2.45, 2.75) is 77.2 Å². The maximum atomic E-state index is 13.2. The van der Waals surface area contributed by atoms with E-state index >= 15 is 0 Å². The number of rotatable bonds is 10. The molecule has 6 nitrogen and oxygen atoms in total. The average molecular weight is 586 g/mol. The second-order valence-electron chi connectivity index (χ2n) is 12.3. The number of hydrogen-bond donors (Lipinski definition) is 1. The smallest absolute Gasteiger partial charge is 0.293 e. The summed E-state index contributed by atoms with van der Waals surface area (Å²) in [5.74, 6) is 2.90. The van der Waals surface area contributed by atoms with Crippen LogP contribution in [0.15, 0.2) is 36.4 Å². The number of nitrogens with zero attached hydrogens (tertiary/aromatic N) is 2. The predicted molar refractivity (Wildman–Crippen MR) is 164 cm³/mol. The fourth-order valence-electron chi connectivity index (χ4n) is 6.63. The van der Waals surface area contributed by atoms with E-state index in [1.807, 2.05) is 36.6 Å². The van der Waals surface area contributed by atoms with Crippen LogP contribution in [0, 0.1) is 17.8 Å². The Hall–Kier alpha value is -1.93. The van der Waals surface area contributed by atoms with Gasteiger partial charge in [0.05, 0.1) is 18.3 Å². The molecule has 2 aromatic rings. The van der Waals surface area contributed by atoms with E-state index in [0.29, 0.717) is 18.1 Å². The van der Waals surface area contributed by atoms with Crippen molar-refractivity contribution in [2.24, 2.45) is 17.8 Å². The van der Waals surface area contributed by atoms with Crippen LogP contribution in [-0.2, 0) is 18.0 Å². The van der Waals surface area contributed by atoms with Gasteiger partial charge in [-0.15, -0.1) is 9.03 Å². The Kier molecular flexibility index (Phi) is 9.56. The third-order valence-electron chi connectivity index (χ3n) is 9.49. The fraction of sp³-hybridized carbons (Fsp3) is 0.594. The van der Waals surface area contributed by atoms with Crippen molar-refractivity contribution in [1.29, 1.82) is 0 Å². The first-order valence-corrected chi connectivity index (χ1v) is 16.4. The molecular formula is C32H44ClN3O3S. The Morgan fingerprint density at radius 2 is 2.00 bits per heavy atom. The molecule has 0 spiro atoms. The molecule has 40 heavy (non-hydrogen) atoms. The van der Waals surface area contributed by atoms with E-state index < -0.39 is 11.5 Å². The number of likely N-dealkylation sites (N-methyl/N-ethyl adjacent to an activating group) is 1. The van der Waals surface area contributed by atoms with E-state index in [9.17, 15) is 9.35 Å². The van der Waals surface area contributed by atoms with Gasteiger partial charge in [0.2, 0.25) is 0 Å². The molecular weight excluding hydrogens is 542 g/mol. The number of carbonyl (C=O) groups is 1. The maximum absolute atomic E-state index is 13.2. The lowest BCUT2D eigenvalue weighted by atomic mass is 9.65. The molecule has 0 radical (unpaired) electrons. The summed E-state index contributed by atoms with van der Waals surface area (Å²) in [6.07, 6.45) is 10.0. The van der Waals surface area contributed by atoms with Gasteiger partial charge in [0.25, 0.3) is 5.91 Å². The van der Waals surface area contributed by atoms with E-state index in [-0.39, 0.29) is 17.9 Å². The van der Waals surface area contributed by atoms with E-state index in [1.165, 1.54) is 49.7 Å². The van der Waals surface area contributed by atoms with Crippen molar-refractivity contribution >= 4 is 34.7 Å². The zero-order chi connectivity index (χ0) is 28.4. The van der Waals surface area contributed by atoms with Gasteiger partial charge in [-0.1, -0.05) is 50.3 Å². The Balaban J connectivity index is 1.19. The number of carbonyl (C=O) groups excluding carboxylic acids is 1. The van der Waals surface area contributed by atoms with E-state index in [0.717, 1.165) is 47.7 Å². The summed E-state index contributed by atoms with van der Waals surface area (Å²) in [5, 5.41) is 0.757. The monoisotopic (exact) mass is 585 g/mol. The molecule has 218 valence electrons. The molecule has 2 aliphatic carbocycles. The first-order valence-electron chi connectivity index (χ1n) is 15.0. The summed E-state index contributed by atoms with van der Waals surface area (Å²) in [5.41, 5.74) is 3.86. The minimum absolute atomic E-state index is 0.160. The number of amides is 1. The van der Waals surface area contributed by atoms with Crippen molar-refractivity contribution in [3.05, 3.63) is 58.1 Å². The number of aryl methyl sites for hydroxylation is 1. The molecule has 3 unspecified atom stereocenters. The lowest BCUT2D eigenvalue weighted by molar-refractivity contribution is 0.0855. The molecule has 2 saturated carbocycles. The zero-order valence-electron chi connectivity index (χ0n) is 24.3. The van der Waals surface area contributed by atoms with Crippen molar-refractivity contribution in [2.75, 3.05) is 32.1 Å². The standard InChI is InChI=1S/C32H44ClN3O3S/c1-5-7-24-17-28(33)11-12-29(24)27-19-35(3)30-18-25(10-13-31(30)39-20-27)32(37)34-40(38)36(4)21(2)26-15-23(16-26)14-22-8-6-9-22/h10-13,17-18,21-23,26-27H,5-9,14-16,19-20H2,1-4H3,(H,34,37). The molecule has 5 rings (SSSR count). The van der Waals surface area contributed by atoms with Crippen molar-refractivity contribution in [3.63, 3.8) is 0 Å². The molecule has 1 amide bonds. The van der Waals surface area contributed by atoms with Gasteiger partial charge < -0.3 is 14.2 Å². The number of ether oxygens (including phenoxy) is 1. The zero-order valence-corrected chi connectivity index (χ0v) is 25.9. The average Bonchev–Trinajstić information content (AvgIpc) is 3.04. The molecule has 1 heterocycles. The second-order valence-corrected chi connectivity index (χ2v) is 14.0. The molecule has 1 aliphatic heterocycles. The van der Waals surface area contributed by atoms with Crippen molar-refractivity contribution in [1.82, 2.24) is 9.03 Å². The molecule has 2 aromatic carbocycles. The molecule has 0 bridgehead atoms. The summed E-state index contributed by atoms with van der Waals surface area (Å²) < 4.78 is 23.9. The van der Waals surface area contributed by atoms with Crippen molar-refractivity contribution in [3.8, 4) is 5.75 Å². The van der Waals surface area contributed by atoms with Crippen molar-refractivity contribution < 1.29 is 14.1 Å².